The Balaban J connectivity index is 1.93. The molecular formula is C18H23N3O2. The van der Waals surface area contributed by atoms with Crippen molar-refractivity contribution in [2.24, 2.45) is 5.41 Å². The molecule has 0 spiro atoms. The Hall–Kier alpha value is -2.17. The second kappa shape index (κ2) is 5.80. The van der Waals surface area contributed by atoms with Gasteiger partial charge in [-0.05, 0) is 36.8 Å². The number of aromatic amines is 1. The predicted octanol–water partition coefficient (Wildman–Crippen LogP) is 2.96. The molecule has 5 heteroatoms. The summed E-state index contributed by atoms with van der Waals surface area (Å²) < 4.78 is 0. The number of nitrogens with one attached hydrogen (secondary N) is 1. The monoisotopic (exact) mass is 313 g/mol. The molecule has 0 bridgehead atoms. The van der Waals surface area contributed by atoms with Gasteiger partial charge in [0.2, 0.25) is 0 Å². The second-order valence-corrected chi connectivity index (χ2v) is 7.49. The van der Waals surface area contributed by atoms with Crippen molar-refractivity contribution in [3.05, 3.63) is 40.3 Å². The van der Waals surface area contributed by atoms with Crippen LogP contribution >= 0.6 is 0 Å². The third-order valence-electron chi connectivity index (χ3n) is 4.29. The summed E-state index contributed by atoms with van der Waals surface area (Å²) in [6.45, 7) is 7.23. The average molecular weight is 313 g/mol. The van der Waals surface area contributed by atoms with Crippen molar-refractivity contribution in [2.75, 3.05) is 6.54 Å². The number of fused-ring (bicyclic) bond motifs is 1. The molecule has 1 aromatic carbocycles. The van der Waals surface area contributed by atoms with Gasteiger partial charge in [-0.3, -0.25) is 9.59 Å². The van der Waals surface area contributed by atoms with Crippen molar-refractivity contribution < 1.29 is 4.79 Å². The van der Waals surface area contributed by atoms with Crippen molar-refractivity contribution in [1.29, 1.82) is 0 Å². The minimum absolute atomic E-state index is 0.00418. The molecule has 23 heavy (non-hydrogen) atoms. The molecule has 1 aromatic heterocycles. The number of hydrogen-bond acceptors (Lipinski definition) is 3. The molecule has 2 aromatic rings. The van der Waals surface area contributed by atoms with Gasteiger partial charge in [0.05, 0.1) is 11.0 Å². The minimum atomic E-state index is -0.407. The van der Waals surface area contributed by atoms with Crippen LogP contribution in [0.25, 0.3) is 11.0 Å². The van der Waals surface area contributed by atoms with Crippen LogP contribution in [0.5, 0.6) is 0 Å². The molecule has 0 aliphatic carbocycles. The number of para-hydroxylation sites is 2. The van der Waals surface area contributed by atoms with Crippen LogP contribution in [0.4, 0.5) is 0 Å². The van der Waals surface area contributed by atoms with E-state index in [-0.39, 0.29) is 23.1 Å². The fourth-order valence-corrected chi connectivity index (χ4v) is 3.33. The summed E-state index contributed by atoms with van der Waals surface area (Å²) in [6.07, 6.45) is 2.91. The van der Waals surface area contributed by atoms with E-state index in [2.05, 4.69) is 30.7 Å². The number of aromatic nitrogens is 2. The van der Waals surface area contributed by atoms with Crippen LogP contribution in [-0.4, -0.2) is 33.4 Å². The Kier molecular flexibility index (Phi) is 3.96. The number of carbonyl (C=O) groups excluding carboxylic acids is 1. The van der Waals surface area contributed by atoms with Gasteiger partial charge in [-0.15, -0.1) is 0 Å². The number of hydrogen-bond donors (Lipinski definition) is 1. The third kappa shape index (κ3) is 3.28. The van der Waals surface area contributed by atoms with Gasteiger partial charge in [-0.2, -0.15) is 0 Å². The first-order chi connectivity index (χ1) is 10.8. The first kappa shape index (κ1) is 15.7. The topological polar surface area (TPSA) is 66.1 Å². The maximum Gasteiger partial charge on any atom is 0.280 e. The van der Waals surface area contributed by atoms with Gasteiger partial charge >= 0.3 is 0 Å². The number of benzene rings is 1. The number of nitrogens with zero attached hydrogens (tertiary/aromatic N) is 2. The maximum atomic E-state index is 12.9. The van der Waals surface area contributed by atoms with Crippen LogP contribution in [0.3, 0.4) is 0 Å². The maximum absolute atomic E-state index is 12.9. The first-order valence-electron chi connectivity index (χ1n) is 8.15. The van der Waals surface area contributed by atoms with Crippen LogP contribution < -0.4 is 5.56 Å². The van der Waals surface area contributed by atoms with Gasteiger partial charge in [0.15, 0.2) is 5.69 Å². The number of amides is 1. The molecule has 1 N–H and O–H groups in total. The van der Waals surface area contributed by atoms with Crippen LogP contribution in [0, 0.1) is 5.41 Å². The van der Waals surface area contributed by atoms with E-state index in [0.29, 0.717) is 17.6 Å². The third-order valence-corrected chi connectivity index (χ3v) is 4.29. The minimum Gasteiger partial charge on any atom is -0.334 e. The van der Waals surface area contributed by atoms with Crippen LogP contribution in [-0.2, 0) is 0 Å². The molecule has 2 heterocycles. The summed E-state index contributed by atoms with van der Waals surface area (Å²) >= 11 is 0. The Morgan fingerprint density at radius 1 is 1.35 bits per heavy atom. The van der Waals surface area contributed by atoms with E-state index in [1.54, 1.807) is 12.1 Å². The molecule has 1 saturated heterocycles. The molecule has 0 saturated carbocycles. The fourth-order valence-electron chi connectivity index (χ4n) is 3.33. The average Bonchev–Trinajstić information content (AvgIpc) is 2.91. The Labute approximate surface area is 135 Å². The molecule has 1 unspecified atom stereocenters. The van der Waals surface area contributed by atoms with Gasteiger partial charge in [0.1, 0.15) is 0 Å². The molecule has 1 amide bonds. The first-order valence-corrected chi connectivity index (χ1v) is 8.15. The van der Waals surface area contributed by atoms with Crippen LogP contribution in [0.15, 0.2) is 29.1 Å². The zero-order valence-corrected chi connectivity index (χ0v) is 13.9. The SMILES string of the molecule is CC(C)(C)CC1CCCN1C(=O)c1nc2ccccc2[nH]c1=O. The van der Waals surface area contributed by atoms with Gasteiger partial charge in [-0.1, -0.05) is 32.9 Å². The molecule has 1 fully saturated rings. The van der Waals surface area contributed by atoms with Crippen LogP contribution in [0.1, 0.15) is 50.5 Å². The van der Waals surface area contributed by atoms with Gasteiger partial charge in [0, 0.05) is 12.6 Å². The highest BCUT2D eigenvalue weighted by atomic mass is 16.2. The van der Waals surface area contributed by atoms with Crippen molar-refractivity contribution in [3.8, 4) is 0 Å². The zero-order valence-electron chi connectivity index (χ0n) is 13.9. The summed E-state index contributed by atoms with van der Waals surface area (Å²) in [6, 6.07) is 7.46. The number of rotatable bonds is 2. The molecule has 3 rings (SSSR count). The lowest BCUT2D eigenvalue weighted by molar-refractivity contribution is 0.0696. The zero-order chi connectivity index (χ0) is 16.6. The number of likely N-dealkylation sites (tertiary alicyclic amines) is 1. The van der Waals surface area contributed by atoms with E-state index in [1.807, 2.05) is 17.0 Å². The van der Waals surface area contributed by atoms with E-state index < -0.39 is 5.56 Å². The molecule has 1 aliphatic rings. The molecule has 122 valence electrons. The lowest BCUT2D eigenvalue weighted by atomic mass is 9.87. The number of carbonyl (C=O) groups is 1. The van der Waals surface area contributed by atoms with Gasteiger partial charge in [-0.25, -0.2) is 4.98 Å². The molecule has 0 radical (unpaired) electrons. The molecule has 1 atom stereocenters. The van der Waals surface area contributed by atoms with E-state index in [9.17, 15) is 9.59 Å². The van der Waals surface area contributed by atoms with E-state index in [4.69, 9.17) is 0 Å². The molecular weight excluding hydrogens is 290 g/mol. The fraction of sp³-hybridized carbons (Fsp3) is 0.500. The molecule has 1 aliphatic heterocycles. The normalized spacial score (nSPS) is 18.6. The van der Waals surface area contributed by atoms with Crippen LogP contribution in [0.2, 0.25) is 0 Å². The standard InChI is InChI=1S/C18H23N3O2/c1-18(2,3)11-12-7-6-10-21(12)17(23)15-16(22)20-14-9-5-4-8-13(14)19-15/h4-5,8-9,12H,6-7,10-11H2,1-3H3,(H,20,22). The smallest absolute Gasteiger partial charge is 0.280 e. The lowest BCUT2D eigenvalue weighted by Gasteiger charge is -2.30. The quantitative estimate of drug-likeness (QED) is 0.927. The lowest BCUT2D eigenvalue weighted by Crippen LogP contribution is -2.40. The summed E-state index contributed by atoms with van der Waals surface area (Å²) in [5, 5.41) is 0. The number of H-pyrrole nitrogens is 1. The Bertz CT molecular complexity index is 789. The van der Waals surface area contributed by atoms with Crippen molar-refractivity contribution in [2.45, 2.75) is 46.1 Å². The predicted molar refractivity (Wildman–Crippen MR) is 90.5 cm³/mol. The summed E-state index contributed by atoms with van der Waals surface area (Å²) in [4.78, 5) is 34.0. The Morgan fingerprint density at radius 3 is 2.83 bits per heavy atom. The largest absolute Gasteiger partial charge is 0.334 e. The van der Waals surface area contributed by atoms with E-state index >= 15 is 0 Å². The van der Waals surface area contributed by atoms with Gasteiger partial charge in [0.25, 0.3) is 11.5 Å². The van der Waals surface area contributed by atoms with E-state index in [1.165, 1.54) is 0 Å². The summed E-state index contributed by atoms with van der Waals surface area (Å²) in [5.41, 5.74) is 1.04. The van der Waals surface area contributed by atoms with Gasteiger partial charge < -0.3 is 9.88 Å². The highest BCUT2D eigenvalue weighted by Crippen LogP contribution is 2.30. The highest BCUT2D eigenvalue weighted by molar-refractivity contribution is 5.94. The van der Waals surface area contributed by atoms with Crippen molar-refractivity contribution in [1.82, 2.24) is 14.9 Å². The molecule has 5 nitrogen and oxygen atoms in total. The Morgan fingerprint density at radius 2 is 2.09 bits per heavy atom. The summed E-state index contributed by atoms with van der Waals surface area (Å²) in [5.74, 6) is -0.247. The van der Waals surface area contributed by atoms with Crippen molar-refractivity contribution in [3.63, 3.8) is 0 Å². The summed E-state index contributed by atoms with van der Waals surface area (Å²) in [7, 11) is 0. The van der Waals surface area contributed by atoms with Crippen molar-refractivity contribution >= 4 is 16.9 Å². The highest BCUT2D eigenvalue weighted by Gasteiger charge is 2.33. The second-order valence-electron chi connectivity index (χ2n) is 7.49. The van der Waals surface area contributed by atoms with E-state index in [0.717, 1.165) is 19.3 Å².